The van der Waals surface area contributed by atoms with Crippen LogP contribution in [0.25, 0.3) is 0 Å². The summed E-state index contributed by atoms with van der Waals surface area (Å²) in [6.45, 7) is 3.26. The van der Waals surface area contributed by atoms with Crippen molar-refractivity contribution in [1.82, 2.24) is 14.9 Å². The molecule has 1 amide bonds. The fraction of sp³-hybridized carbons (Fsp3) is 0.353. The number of likely N-dealkylation sites (tertiary alicyclic amines) is 1. The number of hydrogen-bond donors (Lipinski definition) is 0. The summed E-state index contributed by atoms with van der Waals surface area (Å²) in [4.78, 5) is 22.8. The van der Waals surface area contributed by atoms with Gasteiger partial charge in [0.1, 0.15) is 11.9 Å². The Hall–Kier alpha value is -1.70. The van der Waals surface area contributed by atoms with Crippen LogP contribution < -0.4 is 4.74 Å². The number of piperidine rings is 1. The van der Waals surface area contributed by atoms with Gasteiger partial charge < -0.3 is 9.64 Å². The molecule has 23 heavy (non-hydrogen) atoms. The van der Waals surface area contributed by atoms with Crippen molar-refractivity contribution in [3.63, 3.8) is 0 Å². The first-order valence-electron chi connectivity index (χ1n) is 7.63. The number of ether oxygens (including phenoxy) is 1. The van der Waals surface area contributed by atoms with E-state index in [1.807, 2.05) is 36.1 Å². The number of hydrogen-bond acceptors (Lipinski definition) is 4. The lowest BCUT2D eigenvalue weighted by Crippen LogP contribution is -2.41. The van der Waals surface area contributed by atoms with Crippen LogP contribution in [0, 0.1) is 10.5 Å². The van der Waals surface area contributed by atoms with Gasteiger partial charge >= 0.3 is 0 Å². The number of aromatic nitrogens is 2. The largest absolute Gasteiger partial charge is 0.474 e. The summed E-state index contributed by atoms with van der Waals surface area (Å²) in [7, 11) is 0. The van der Waals surface area contributed by atoms with Crippen LogP contribution in [-0.2, 0) is 0 Å². The maximum atomic E-state index is 12.5. The maximum absolute atomic E-state index is 12.5. The van der Waals surface area contributed by atoms with Crippen LogP contribution in [0.3, 0.4) is 0 Å². The standard InChI is InChI=1S/C17H18IN3O2/c1-12-19-8-5-16(20-12)23-15-6-9-21(10-7-15)17(22)13-3-2-4-14(18)11-13/h2-5,8,11,15H,6-7,9-10H2,1H3. The van der Waals surface area contributed by atoms with Gasteiger partial charge in [-0.05, 0) is 47.7 Å². The van der Waals surface area contributed by atoms with Gasteiger partial charge in [0.05, 0.1) is 0 Å². The molecule has 120 valence electrons. The van der Waals surface area contributed by atoms with Crippen molar-refractivity contribution >= 4 is 28.5 Å². The summed E-state index contributed by atoms with van der Waals surface area (Å²) in [5, 5.41) is 0. The average molecular weight is 423 g/mol. The van der Waals surface area contributed by atoms with E-state index in [1.165, 1.54) is 0 Å². The van der Waals surface area contributed by atoms with Crippen LogP contribution in [0.2, 0.25) is 0 Å². The maximum Gasteiger partial charge on any atom is 0.253 e. The molecule has 6 heteroatoms. The zero-order valence-electron chi connectivity index (χ0n) is 12.9. The molecule has 2 aromatic rings. The van der Waals surface area contributed by atoms with Crippen molar-refractivity contribution < 1.29 is 9.53 Å². The molecule has 0 spiro atoms. The van der Waals surface area contributed by atoms with Crippen molar-refractivity contribution in [2.75, 3.05) is 13.1 Å². The first kappa shape index (κ1) is 16.2. The molecule has 1 saturated heterocycles. The predicted octanol–water partition coefficient (Wildman–Crippen LogP) is 3.07. The number of amides is 1. The topological polar surface area (TPSA) is 55.3 Å². The van der Waals surface area contributed by atoms with Crippen LogP contribution in [0.4, 0.5) is 0 Å². The van der Waals surface area contributed by atoms with Crippen LogP contribution in [-0.4, -0.2) is 40.0 Å². The Morgan fingerprint density at radius 1 is 1.30 bits per heavy atom. The smallest absolute Gasteiger partial charge is 0.253 e. The average Bonchev–Trinajstić information content (AvgIpc) is 2.55. The molecule has 1 aliphatic rings. The zero-order chi connectivity index (χ0) is 16.2. The summed E-state index contributed by atoms with van der Waals surface area (Å²) in [6, 6.07) is 9.48. The van der Waals surface area contributed by atoms with Gasteiger partial charge in [0.15, 0.2) is 0 Å². The molecule has 1 fully saturated rings. The molecule has 1 aromatic carbocycles. The van der Waals surface area contributed by atoms with Gasteiger partial charge in [-0.2, -0.15) is 4.98 Å². The third-order valence-corrected chi connectivity index (χ3v) is 4.51. The fourth-order valence-electron chi connectivity index (χ4n) is 2.65. The van der Waals surface area contributed by atoms with Gasteiger partial charge in [-0.3, -0.25) is 4.79 Å². The van der Waals surface area contributed by atoms with Crippen LogP contribution >= 0.6 is 22.6 Å². The minimum Gasteiger partial charge on any atom is -0.474 e. The van der Waals surface area contributed by atoms with Crippen molar-refractivity contribution in [3.05, 3.63) is 51.5 Å². The minimum atomic E-state index is 0.0971. The quantitative estimate of drug-likeness (QED) is 0.713. The van der Waals surface area contributed by atoms with E-state index in [1.54, 1.807) is 12.3 Å². The van der Waals surface area contributed by atoms with E-state index in [-0.39, 0.29) is 12.0 Å². The van der Waals surface area contributed by atoms with Gasteiger partial charge in [0, 0.05) is 47.3 Å². The number of carbonyl (C=O) groups is 1. The molecule has 0 radical (unpaired) electrons. The Kier molecular flexibility index (Phi) is 5.09. The number of benzene rings is 1. The van der Waals surface area contributed by atoms with Gasteiger partial charge in [-0.15, -0.1) is 0 Å². The Bertz CT molecular complexity index is 700. The number of nitrogens with zero attached hydrogens (tertiary/aromatic N) is 3. The molecule has 0 atom stereocenters. The molecule has 1 aromatic heterocycles. The first-order valence-corrected chi connectivity index (χ1v) is 8.71. The van der Waals surface area contributed by atoms with E-state index in [0.717, 1.165) is 22.0 Å². The lowest BCUT2D eigenvalue weighted by Gasteiger charge is -2.32. The Balaban J connectivity index is 1.57. The third kappa shape index (κ3) is 4.19. The second kappa shape index (κ2) is 7.25. The number of halogens is 1. The van der Waals surface area contributed by atoms with Gasteiger partial charge in [0.2, 0.25) is 5.88 Å². The Labute approximate surface area is 149 Å². The lowest BCUT2D eigenvalue weighted by atomic mass is 10.1. The molecule has 1 aliphatic heterocycles. The summed E-state index contributed by atoms with van der Waals surface area (Å²) < 4.78 is 6.97. The van der Waals surface area contributed by atoms with Gasteiger partial charge in [0.25, 0.3) is 5.91 Å². The fourth-order valence-corrected chi connectivity index (χ4v) is 3.19. The summed E-state index contributed by atoms with van der Waals surface area (Å²) in [6.07, 6.45) is 3.44. The van der Waals surface area contributed by atoms with E-state index in [2.05, 4.69) is 32.6 Å². The third-order valence-electron chi connectivity index (χ3n) is 3.84. The summed E-state index contributed by atoms with van der Waals surface area (Å²) in [5.41, 5.74) is 0.752. The van der Waals surface area contributed by atoms with Gasteiger partial charge in [-0.1, -0.05) is 6.07 Å². The Morgan fingerprint density at radius 2 is 2.09 bits per heavy atom. The summed E-state index contributed by atoms with van der Waals surface area (Å²) in [5.74, 6) is 1.41. The summed E-state index contributed by atoms with van der Waals surface area (Å²) >= 11 is 2.23. The van der Waals surface area contributed by atoms with Crippen LogP contribution in [0.5, 0.6) is 5.88 Å². The highest BCUT2D eigenvalue weighted by atomic mass is 127. The van der Waals surface area contributed by atoms with E-state index >= 15 is 0 Å². The van der Waals surface area contributed by atoms with Crippen LogP contribution in [0.15, 0.2) is 36.5 Å². The molecular weight excluding hydrogens is 405 g/mol. The molecule has 0 N–H and O–H groups in total. The second-order valence-electron chi connectivity index (χ2n) is 5.56. The molecular formula is C17H18IN3O2. The van der Waals surface area contributed by atoms with E-state index in [9.17, 15) is 4.79 Å². The highest BCUT2D eigenvalue weighted by Crippen LogP contribution is 2.19. The second-order valence-corrected chi connectivity index (χ2v) is 6.81. The van der Waals surface area contributed by atoms with Crippen molar-refractivity contribution in [1.29, 1.82) is 0 Å². The zero-order valence-corrected chi connectivity index (χ0v) is 15.1. The molecule has 2 heterocycles. The van der Waals surface area contributed by atoms with Gasteiger partial charge in [-0.25, -0.2) is 4.98 Å². The lowest BCUT2D eigenvalue weighted by molar-refractivity contribution is 0.0587. The number of carbonyl (C=O) groups excluding carboxylic acids is 1. The first-order chi connectivity index (χ1) is 11.1. The van der Waals surface area contributed by atoms with Crippen molar-refractivity contribution in [3.8, 4) is 5.88 Å². The monoisotopic (exact) mass is 423 g/mol. The normalized spacial score (nSPS) is 15.5. The van der Waals surface area contributed by atoms with Crippen molar-refractivity contribution in [2.45, 2.75) is 25.9 Å². The Morgan fingerprint density at radius 3 is 2.78 bits per heavy atom. The molecule has 0 unspecified atom stereocenters. The minimum absolute atomic E-state index is 0.0971. The highest BCUT2D eigenvalue weighted by molar-refractivity contribution is 14.1. The number of aryl methyl sites for hydroxylation is 1. The SMILES string of the molecule is Cc1nccc(OC2CCN(C(=O)c3cccc(I)c3)CC2)n1. The molecule has 0 aliphatic carbocycles. The molecule has 0 saturated carbocycles. The predicted molar refractivity (Wildman–Crippen MR) is 95.5 cm³/mol. The number of rotatable bonds is 3. The van der Waals surface area contributed by atoms with Crippen LogP contribution in [0.1, 0.15) is 29.0 Å². The van der Waals surface area contributed by atoms with E-state index < -0.39 is 0 Å². The molecule has 3 rings (SSSR count). The van der Waals surface area contributed by atoms with E-state index in [0.29, 0.717) is 24.8 Å². The molecule has 5 nitrogen and oxygen atoms in total. The van der Waals surface area contributed by atoms with Crippen molar-refractivity contribution in [2.24, 2.45) is 0 Å². The highest BCUT2D eigenvalue weighted by Gasteiger charge is 2.25. The van der Waals surface area contributed by atoms with E-state index in [4.69, 9.17) is 4.74 Å². The molecule has 0 bridgehead atoms.